The van der Waals surface area contributed by atoms with Gasteiger partial charge in [-0.25, -0.2) is 0 Å². The minimum Gasteiger partial charge on any atom is -0.365 e. The maximum atomic E-state index is 12.7. The van der Waals surface area contributed by atoms with E-state index in [1.54, 1.807) is 0 Å². The van der Waals surface area contributed by atoms with Crippen molar-refractivity contribution in [3.05, 3.63) is 35.4 Å². The van der Waals surface area contributed by atoms with Gasteiger partial charge in [-0.3, -0.25) is 19.7 Å². The number of hydrogen-bond donors (Lipinski definition) is 1. The van der Waals surface area contributed by atoms with Gasteiger partial charge in [0.2, 0.25) is 17.7 Å². The Labute approximate surface area is 190 Å². The number of benzene rings is 1. The van der Waals surface area contributed by atoms with Crippen LogP contribution in [0.25, 0.3) is 0 Å². The molecule has 6 heteroatoms. The van der Waals surface area contributed by atoms with Crippen LogP contribution in [0.5, 0.6) is 0 Å². The topological polar surface area (TPSA) is 75.7 Å². The smallest absolute Gasteiger partial charge is 0.234 e. The molecule has 2 saturated heterocycles. The normalized spacial score (nSPS) is 22.8. The van der Waals surface area contributed by atoms with Gasteiger partial charge in [0, 0.05) is 31.0 Å². The van der Waals surface area contributed by atoms with Crippen LogP contribution in [0.15, 0.2) is 24.3 Å². The zero-order chi connectivity index (χ0) is 22.3. The summed E-state index contributed by atoms with van der Waals surface area (Å²) >= 11 is 0. The first kappa shape index (κ1) is 22.5. The standard InChI is InChI=1S/C26H32N2O4/c29-24-13-12-23(25(30)27-24)20-10-8-19(9-11-20)5-4-18-32-22-14-16-28(17-15-22)26(31)21-6-2-1-3-7-21/h8-11,21-23H,1-3,6-7,12-18H2,(H,27,29,30). The third-order valence-electron chi connectivity index (χ3n) is 6.88. The van der Waals surface area contributed by atoms with Gasteiger partial charge in [0.05, 0.1) is 12.0 Å². The van der Waals surface area contributed by atoms with E-state index in [-0.39, 0.29) is 29.8 Å². The Morgan fingerprint density at radius 1 is 1.00 bits per heavy atom. The maximum absolute atomic E-state index is 12.7. The summed E-state index contributed by atoms with van der Waals surface area (Å²) in [4.78, 5) is 38.0. The van der Waals surface area contributed by atoms with E-state index in [0.29, 0.717) is 25.4 Å². The molecule has 0 spiro atoms. The fraction of sp³-hybridized carbons (Fsp3) is 0.577. The number of nitrogens with one attached hydrogen (secondary N) is 1. The first-order chi connectivity index (χ1) is 15.6. The number of imide groups is 1. The molecule has 0 radical (unpaired) electrons. The van der Waals surface area contributed by atoms with Crippen molar-refractivity contribution >= 4 is 17.7 Å². The number of ether oxygens (including phenoxy) is 1. The first-order valence-corrected chi connectivity index (χ1v) is 11.9. The average molecular weight is 437 g/mol. The van der Waals surface area contributed by atoms with Crippen molar-refractivity contribution in [1.82, 2.24) is 10.2 Å². The Morgan fingerprint density at radius 3 is 2.41 bits per heavy atom. The van der Waals surface area contributed by atoms with Gasteiger partial charge in [0.15, 0.2) is 0 Å². The number of rotatable bonds is 4. The Kier molecular flexibility index (Phi) is 7.59. The summed E-state index contributed by atoms with van der Waals surface area (Å²) < 4.78 is 5.92. The average Bonchev–Trinajstić information content (AvgIpc) is 2.83. The van der Waals surface area contributed by atoms with Crippen LogP contribution in [0, 0.1) is 17.8 Å². The second kappa shape index (κ2) is 10.8. The van der Waals surface area contributed by atoms with E-state index in [4.69, 9.17) is 4.74 Å². The molecular weight excluding hydrogens is 404 g/mol. The van der Waals surface area contributed by atoms with E-state index in [1.807, 2.05) is 29.2 Å². The predicted molar refractivity (Wildman–Crippen MR) is 121 cm³/mol. The lowest BCUT2D eigenvalue weighted by Crippen LogP contribution is -2.44. The molecule has 170 valence electrons. The number of carbonyl (C=O) groups excluding carboxylic acids is 3. The molecule has 3 amide bonds. The third kappa shape index (κ3) is 5.77. The molecule has 3 fully saturated rings. The lowest BCUT2D eigenvalue weighted by Gasteiger charge is -2.34. The minimum atomic E-state index is -0.270. The highest BCUT2D eigenvalue weighted by molar-refractivity contribution is 6.00. The van der Waals surface area contributed by atoms with E-state index in [0.717, 1.165) is 49.9 Å². The van der Waals surface area contributed by atoms with Crippen molar-refractivity contribution in [2.24, 2.45) is 5.92 Å². The van der Waals surface area contributed by atoms with E-state index >= 15 is 0 Å². The summed E-state index contributed by atoms with van der Waals surface area (Å²) in [5, 5.41) is 2.40. The molecule has 0 aromatic heterocycles. The van der Waals surface area contributed by atoms with Crippen LogP contribution < -0.4 is 5.32 Å². The van der Waals surface area contributed by atoms with E-state index < -0.39 is 0 Å². The minimum absolute atomic E-state index is 0.162. The van der Waals surface area contributed by atoms with Crippen LogP contribution in [0.1, 0.15) is 74.8 Å². The molecule has 32 heavy (non-hydrogen) atoms. The second-order valence-corrected chi connectivity index (χ2v) is 9.10. The predicted octanol–water partition coefficient (Wildman–Crippen LogP) is 3.15. The molecule has 6 nitrogen and oxygen atoms in total. The van der Waals surface area contributed by atoms with Crippen molar-refractivity contribution in [3.8, 4) is 11.8 Å². The van der Waals surface area contributed by atoms with E-state index in [9.17, 15) is 14.4 Å². The van der Waals surface area contributed by atoms with Crippen LogP contribution in [0.2, 0.25) is 0 Å². The number of carbonyl (C=O) groups is 3. The second-order valence-electron chi connectivity index (χ2n) is 9.10. The lowest BCUT2D eigenvalue weighted by atomic mass is 9.88. The summed E-state index contributed by atoms with van der Waals surface area (Å²) in [6.45, 7) is 1.95. The molecule has 1 saturated carbocycles. The molecule has 4 rings (SSSR count). The van der Waals surface area contributed by atoms with Crippen LogP contribution in [0.3, 0.4) is 0 Å². The van der Waals surface area contributed by atoms with Gasteiger partial charge in [0.1, 0.15) is 6.61 Å². The van der Waals surface area contributed by atoms with Gasteiger partial charge in [-0.05, 0) is 49.8 Å². The molecular formula is C26H32N2O4. The molecule has 1 atom stereocenters. The lowest BCUT2D eigenvalue weighted by molar-refractivity contribution is -0.139. The number of hydrogen-bond acceptors (Lipinski definition) is 4. The molecule has 1 N–H and O–H groups in total. The quantitative estimate of drug-likeness (QED) is 0.581. The molecule has 1 aromatic carbocycles. The summed E-state index contributed by atoms with van der Waals surface area (Å²) in [6.07, 6.45) is 8.60. The van der Waals surface area contributed by atoms with E-state index in [1.165, 1.54) is 19.3 Å². The number of likely N-dealkylation sites (tertiary alicyclic amines) is 1. The fourth-order valence-corrected chi connectivity index (χ4v) is 4.96. The Hall–Kier alpha value is -2.65. The zero-order valence-electron chi connectivity index (χ0n) is 18.6. The first-order valence-electron chi connectivity index (χ1n) is 11.9. The molecule has 2 heterocycles. The highest BCUT2D eigenvalue weighted by atomic mass is 16.5. The summed E-state index contributed by atoms with van der Waals surface area (Å²) in [5.74, 6) is 6.08. The van der Waals surface area contributed by atoms with Gasteiger partial charge in [-0.1, -0.05) is 43.2 Å². The van der Waals surface area contributed by atoms with Crippen LogP contribution in [-0.4, -0.2) is 48.4 Å². The number of nitrogens with zero attached hydrogens (tertiary/aromatic N) is 1. The monoisotopic (exact) mass is 436 g/mol. The van der Waals surface area contributed by atoms with Gasteiger partial charge >= 0.3 is 0 Å². The Balaban J connectivity index is 1.19. The van der Waals surface area contributed by atoms with Gasteiger partial charge in [-0.15, -0.1) is 0 Å². The molecule has 2 aliphatic heterocycles. The number of amides is 3. The molecule has 1 aromatic rings. The van der Waals surface area contributed by atoms with E-state index in [2.05, 4.69) is 17.2 Å². The highest BCUT2D eigenvalue weighted by Gasteiger charge is 2.29. The zero-order valence-corrected chi connectivity index (χ0v) is 18.6. The van der Waals surface area contributed by atoms with Crippen molar-refractivity contribution < 1.29 is 19.1 Å². The summed E-state index contributed by atoms with van der Waals surface area (Å²) in [5.41, 5.74) is 1.78. The Morgan fingerprint density at radius 2 is 1.72 bits per heavy atom. The highest BCUT2D eigenvalue weighted by Crippen LogP contribution is 2.27. The molecule has 3 aliphatic rings. The molecule has 0 bridgehead atoms. The van der Waals surface area contributed by atoms with Crippen molar-refractivity contribution in [2.45, 2.75) is 69.8 Å². The summed E-state index contributed by atoms with van der Waals surface area (Å²) in [7, 11) is 0. The van der Waals surface area contributed by atoms with Crippen LogP contribution >= 0.6 is 0 Å². The van der Waals surface area contributed by atoms with Crippen LogP contribution in [-0.2, 0) is 19.1 Å². The van der Waals surface area contributed by atoms with Gasteiger partial charge < -0.3 is 9.64 Å². The van der Waals surface area contributed by atoms with Gasteiger partial charge in [-0.2, -0.15) is 0 Å². The van der Waals surface area contributed by atoms with Gasteiger partial charge in [0.25, 0.3) is 0 Å². The molecule has 1 unspecified atom stereocenters. The van der Waals surface area contributed by atoms with Crippen LogP contribution in [0.4, 0.5) is 0 Å². The van der Waals surface area contributed by atoms with Crippen molar-refractivity contribution in [3.63, 3.8) is 0 Å². The van der Waals surface area contributed by atoms with Crippen molar-refractivity contribution in [1.29, 1.82) is 0 Å². The van der Waals surface area contributed by atoms with Crippen molar-refractivity contribution in [2.75, 3.05) is 19.7 Å². The summed E-state index contributed by atoms with van der Waals surface area (Å²) in [6, 6.07) is 7.62. The number of piperidine rings is 2. The fourth-order valence-electron chi connectivity index (χ4n) is 4.96. The Bertz CT molecular complexity index is 885. The third-order valence-corrected chi connectivity index (χ3v) is 6.88. The largest absolute Gasteiger partial charge is 0.365 e. The maximum Gasteiger partial charge on any atom is 0.234 e. The molecule has 1 aliphatic carbocycles. The SMILES string of the molecule is O=C1CCC(c2ccc(C#CCOC3CCN(C(=O)C4CCCCC4)CC3)cc2)C(=O)N1.